The number of rotatable bonds is 8. The van der Waals surface area contributed by atoms with Crippen molar-refractivity contribution in [2.24, 2.45) is 17.8 Å². The number of aromatic nitrogens is 1. The molecule has 1 aromatic heterocycles. The van der Waals surface area contributed by atoms with Crippen LogP contribution < -0.4 is 4.74 Å². The number of carbonyl (C=O) groups is 1. The van der Waals surface area contributed by atoms with Crippen LogP contribution in [0.4, 0.5) is 13.2 Å². The summed E-state index contributed by atoms with van der Waals surface area (Å²) in [7, 11) is 0. The highest BCUT2D eigenvalue weighted by atomic mass is 32.1. The van der Waals surface area contributed by atoms with Gasteiger partial charge in [0, 0.05) is 38.1 Å². The molecule has 35 heavy (non-hydrogen) atoms. The molecule has 1 saturated carbocycles. The Kier molecular flexibility index (Phi) is 6.55. The molecule has 0 radical (unpaired) electrons. The number of ether oxygens (including phenoxy) is 1. The number of carbonyl (C=O) groups excluding carboxylic acids is 1. The van der Waals surface area contributed by atoms with E-state index in [4.69, 9.17) is 0 Å². The SMILES string of the molecule is Cc1ccc(CN2CC3C(C2)C3CN(Cc2cccc(OC(F)(F)F)c2)C(=O)c2cscn2)cc1. The number of hydrogen-bond acceptors (Lipinski definition) is 5. The second kappa shape index (κ2) is 9.62. The second-order valence-electron chi connectivity index (χ2n) is 9.43. The van der Waals surface area contributed by atoms with Gasteiger partial charge in [-0.3, -0.25) is 9.69 Å². The van der Waals surface area contributed by atoms with Crippen LogP contribution in [0.15, 0.2) is 59.4 Å². The first-order chi connectivity index (χ1) is 16.7. The first-order valence-corrected chi connectivity index (χ1v) is 12.5. The molecule has 3 aromatic rings. The molecule has 9 heteroatoms. The van der Waals surface area contributed by atoms with Gasteiger partial charge in [0.15, 0.2) is 0 Å². The minimum atomic E-state index is -4.76. The summed E-state index contributed by atoms with van der Waals surface area (Å²) in [5.41, 5.74) is 5.11. The van der Waals surface area contributed by atoms with Crippen molar-refractivity contribution in [2.45, 2.75) is 26.4 Å². The van der Waals surface area contributed by atoms with Crippen molar-refractivity contribution in [1.29, 1.82) is 0 Å². The summed E-state index contributed by atoms with van der Waals surface area (Å²) < 4.78 is 42.0. The zero-order chi connectivity index (χ0) is 24.6. The normalized spacial score (nSPS) is 21.5. The highest BCUT2D eigenvalue weighted by Crippen LogP contribution is 2.52. The number of amides is 1. The molecule has 1 aliphatic heterocycles. The van der Waals surface area contributed by atoms with Gasteiger partial charge in [0.25, 0.3) is 5.91 Å². The van der Waals surface area contributed by atoms with E-state index in [2.05, 4.69) is 45.8 Å². The van der Waals surface area contributed by atoms with Crippen molar-refractivity contribution in [3.63, 3.8) is 0 Å². The standard InChI is InChI=1S/C26H26F3N3O2S/c1-17-5-7-18(8-6-17)10-31-12-21-22(13-31)23(21)14-32(25(33)24-15-35-16-30-24)11-19-3-2-4-20(9-19)34-26(27,28)29/h2-9,15-16,21-23H,10-14H2,1H3. The Morgan fingerprint density at radius 2 is 1.89 bits per heavy atom. The Bertz CT molecular complexity index is 1160. The fourth-order valence-corrected chi connectivity index (χ4v) is 5.63. The second-order valence-corrected chi connectivity index (χ2v) is 10.1. The summed E-state index contributed by atoms with van der Waals surface area (Å²) in [6.07, 6.45) is -4.76. The number of hydrogen-bond donors (Lipinski definition) is 0. The van der Waals surface area contributed by atoms with Crippen molar-refractivity contribution in [2.75, 3.05) is 19.6 Å². The minimum Gasteiger partial charge on any atom is -0.406 e. The lowest BCUT2D eigenvalue weighted by Crippen LogP contribution is -2.35. The van der Waals surface area contributed by atoms with Gasteiger partial charge < -0.3 is 9.64 Å². The van der Waals surface area contributed by atoms with Crippen LogP contribution in [0.1, 0.15) is 27.2 Å². The van der Waals surface area contributed by atoms with Gasteiger partial charge in [-0.1, -0.05) is 42.0 Å². The van der Waals surface area contributed by atoms with Crippen LogP contribution in [0, 0.1) is 24.7 Å². The van der Waals surface area contributed by atoms with Gasteiger partial charge >= 0.3 is 6.36 Å². The van der Waals surface area contributed by atoms with E-state index in [0.717, 1.165) is 19.6 Å². The highest BCUT2D eigenvalue weighted by molar-refractivity contribution is 7.07. The third-order valence-corrected chi connectivity index (χ3v) is 7.44. The van der Waals surface area contributed by atoms with E-state index in [1.54, 1.807) is 21.9 Å². The number of fused-ring (bicyclic) bond motifs is 1. The zero-order valence-corrected chi connectivity index (χ0v) is 20.1. The first kappa shape index (κ1) is 23.8. The topological polar surface area (TPSA) is 45.7 Å². The van der Waals surface area contributed by atoms with Crippen LogP contribution in [0.2, 0.25) is 0 Å². The Morgan fingerprint density at radius 3 is 2.54 bits per heavy atom. The predicted molar refractivity (Wildman–Crippen MR) is 127 cm³/mol. The van der Waals surface area contributed by atoms with Crippen LogP contribution in [-0.4, -0.2) is 46.7 Å². The maximum atomic E-state index is 13.2. The summed E-state index contributed by atoms with van der Waals surface area (Å²) in [5.74, 6) is 0.972. The van der Waals surface area contributed by atoms with E-state index in [1.807, 2.05) is 0 Å². The Balaban J connectivity index is 1.24. The van der Waals surface area contributed by atoms with Gasteiger partial charge in [-0.25, -0.2) is 4.98 Å². The summed E-state index contributed by atoms with van der Waals surface area (Å²) in [6, 6.07) is 14.4. The smallest absolute Gasteiger partial charge is 0.406 e. The van der Waals surface area contributed by atoms with Crippen LogP contribution in [0.5, 0.6) is 5.75 Å². The van der Waals surface area contributed by atoms with Crippen LogP contribution in [-0.2, 0) is 13.1 Å². The van der Waals surface area contributed by atoms with Crippen LogP contribution in [0.3, 0.4) is 0 Å². The molecule has 2 unspecified atom stereocenters. The Labute approximate surface area is 206 Å². The third kappa shape index (κ3) is 5.85. The van der Waals surface area contributed by atoms with E-state index in [1.165, 1.54) is 40.7 Å². The molecule has 0 bridgehead atoms. The molecule has 0 N–H and O–H groups in total. The Hall–Kier alpha value is -2.91. The average molecular weight is 502 g/mol. The molecule has 2 atom stereocenters. The number of alkyl halides is 3. The molecule has 5 rings (SSSR count). The predicted octanol–water partition coefficient (Wildman–Crippen LogP) is 5.37. The van der Waals surface area contributed by atoms with E-state index in [-0.39, 0.29) is 18.2 Å². The maximum absolute atomic E-state index is 13.2. The zero-order valence-electron chi connectivity index (χ0n) is 19.2. The number of likely N-dealkylation sites (tertiary alicyclic amines) is 1. The maximum Gasteiger partial charge on any atom is 0.573 e. The Morgan fingerprint density at radius 1 is 1.14 bits per heavy atom. The number of piperidine rings is 1. The number of nitrogens with zero attached hydrogens (tertiary/aromatic N) is 3. The van der Waals surface area contributed by atoms with E-state index >= 15 is 0 Å². The van der Waals surface area contributed by atoms with E-state index in [9.17, 15) is 18.0 Å². The summed E-state index contributed by atoms with van der Waals surface area (Å²) in [5, 5.41) is 1.70. The first-order valence-electron chi connectivity index (χ1n) is 11.6. The minimum absolute atomic E-state index is 0.199. The molecule has 1 aliphatic carbocycles. The van der Waals surface area contributed by atoms with Crippen molar-refractivity contribution < 1.29 is 22.7 Å². The molecule has 5 nitrogen and oxygen atoms in total. The molecule has 2 heterocycles. The average Bonchev–Trinajstić information content (AvgIpc) is 3.20. The number of halogens is 3. The molecule has 1 amide bonds. The van der Waals surface area contributed by atoms with Crippen molar-refractivity contribution in [3.8, 4) is 5.75 Å². The summed E-state index contributed by atoms with van der Waals surface area (Å²) >= 11 is 1.34. The molecular formula is C26H26F3N3O2S. The van der Waals surface area contributed by atoms with Crippen LogP contribution in [0.25, 0.3) is 0 Å². The number of benzene rings is 2. The fourth-order valence-electron chi connectivity index (χ4n) is 5.10. The van der Waals surface area contributed by atoms with Crippen molar-refractivity contribution in [1.82, 2.24) is 14.8 Å². The molecule has 1 saturated heterocycles. The quantitative estimate of drug-likeness (QED) is 0.416. The van der Waals surface area contributed by atoms with Gasteiger partial charge in [0.2, 0.25) is 0 Å². The number of aryl methyl sites for hydroxylation is 1. The molecular weight excluding hydrogens is 475 g/mol. The molecule has 2 fully saturated rings. The lowest BCUT2D eigenvalue weighted by molar-refractivity contribution is -0.274. The van der Waals surface area contributed by atoms with Gasteiger partial charge in [-0.15, -0.1) is 24.5 Å². The third-order valence-electron chi connectivity index (χ3n) is 6.85. The number of thiazole rings is 1. The molecule has 184 valence electrons. The highest BCUT2D eigenvalue weighted by Gasteiger charge is 2.55. The van der Waals surface area contributed by atoms with Crippen LogP contribution >= 0.6 is 11.3 Å². The van der Waals surface area contributed by atoms with Gasteiger partial charge in [0.05, 0.1) is 5.51 Å². The van der Waals surface area contributed by atoms with Crippen molar-refractivity contribution >= 4 is 17.2 Å². The van der Waals surface area contributed by atoms with Gasteiger partial charge in [-0.05, 0) is 47.9 Å². The summed E-state index contributed by atoms with van der Waals surface area (Å²) in [6.45, 7) is 5.77. The lowest BCUT2D eigenvalue weighted by Gasteiger charge is -2.25. The van der Waals surface area contributed by atoms with Gasteiger partial charge in [-0.2, -0.15) is 0 Å². The summed E-state index contributed by atoms with van der Waals surface area (Å²) in [4.78, 5) is 21.5. The van der Waals surface area contributed by atoms with Crippen molar-refractivity contribution in [3.05, 3.63) is 81.8 Å². The van der Waals surface area contributed by atoms with E-state index < -0.39 is 6.36 Å². The van der Waals surface area contributed by atoms with E-state index in [0.29, 0.717) is 35.6 Å². The monoisotopic (exact) mass is 501 g/mol. The molecule has 2 aliphatic rings. The lowest BCUT2D eigenvalue weighted by atomic mass is 10.1. The molecule has 0 spiro atoms. The largest absolute Gasteiger partial charge is 0.573 e. The fraction of sp³-hybridized carbons (Fsp3) is 0.385. The van der Waals surface area contributed by atoms with Gasteiger partial charge in [0.1, 0.15) is 11.4 Å². The molecule has 2 aromatic carbocycles.